The van der Waals surface area contributed by atoms with E-state index in [1.807, 2.05) is 24.3 Å². The average Bonchev–Trinajstić information content (AvgIpc) is 2.05. The molecule has 13 heavy (non-hydrogen) atoms. The summed E-state index contributed by atoms with van der Waals surface area (Å²) in [5.41, 5.74) is 0. The second-order valence-electron chi connectivity index (χ2n) is 1.88. The summed E-state index contributed by atoms with van der Waals surface area (Å²) in [6, 6.07) is 7.47. The van der Waals surface area contributed by atoms with Crippen LogP contribution in [0.3, 0.4) is 0 Å². The summed E-state index contributed by atoms with van der Waals surface area (Å²) >= 11 is 0. The third-order valence-corrected chi connectivity index (χ3v) is 1.28. The van der Waals surface area contributed by atoms with E-state index >= 15 is 0 Å². The average molecular weight is 322 g/mol. The first-order valence-electron chi connectivity index (χ1n) is 3.05. The molecule has 0 amide bonds. The van der Waals surface area contributed by atoms with Crippen molar-refractivity contribution in [3.05, 3.63) is 24.3 Å². The summed E-state index contributed by atoms with van der Waals surface area (Å²) in [5.74, 6) is 1.64. The molecule has 0 aromatic heterocycles. The summed E-state index contributed by atoms with van der Waals surface area (Å²) in [7, 11) is 3.27. The predicted molar refractivity (Wildman–Crippen MR) is 45.3 cm³/mol. The van der Waals surface area contributed by atoms with E-state index in [1.165, 1.54) is 0 Å². The molecule has 0 spiro atoms. The van der Waals surface area contributed by atoms with Crippen LogP contribution in [0, 0.1) is 0 Å². The van der Waals surface area contributed by atoms with Crippen molar-refractivity contribution < 1.29 is 43.4 Å². The maximum Gasteiger partial charge on any atom is 2.00 e. The number of rotatable bonds is 2. The Kier molecular flexibility index (Phi) is 15.7. The van der Waals surface area contributed by atoms with Crippen molar-refractivity contribution in [3.8, 4) is 11.5 Å². The molecule has 0 aliphatic rings. The number of hydrogen-bond donors (Lipinski definition) is 0. The van der Waals surface area contributed by atoms with Gasteiger partial charge in [-0.05, 0) is 12.1 Å². The van der Waals surface area contributed by atoms with Crippen molar-refractivity contribution >= 4 is 23.1 Å². The van der Waals surface area contributed by atoms with Gasteiger partial charge in [-0.1, -0.05) is 6.07 Å². The molecule has 0 aliphatic carbocycles. The van der Waals surface area contributed by atoms with Gasteiger partial charge in [0.05, 0.1) is 14.2 Å². The maximum absolute atomic E-state index is 4.98. The Hall–Kier alpha value is 0.546. The van der Waals surface area contributed by atoms with Crippen molar-refractivity contribution in [1.82, 2.24) is 0 Å². The van der Waals surface area contributed by atoms with E-state index in [4.69, 9.17) is 9.47 Å². The van der Waals surface area contributed by atoms with Gasteiger partial charge in [0.1, 0.15) is 11.5 Å². The van der Waals surface area contributed by atoms with Gasteiger partial charge < -0.3 is 43.4 Å². The Morgan fingerprint density at radius 1 is 0.923 bits per heavy atom. The maximum atomic E-state index is 4.98. The zero-order chi connectivity index (χ0) is 7.40. The minimum atomic E-state index is 0. The Bertz CT molecular complexity index is 202. The summed E-state index contributed by atoms with van der Waals surface area (Å²) in [6.07, 6.45) is 0. The van der Waals surface area contributed by atoms with Gasteiger partial charge >= 0.3 is 23.1 Å². The van der Waals surface area contributed by atoms with E-state index < -0.39 is 0 Å². The van der Waals surface area contributed by atoms with Crippen LogP contribution >= 0.6 is 0 Å². The van der Waals surface area contributed by atoms with Crippen LogP contribution < -0.4 is 43.4 Å². The number of hydrogen-bond acceptors (Lipinski definition) is 2. The Labute approximate surface area is 116 Å². The first-order valence-corrected chi connectivity index (χ1v) is 3.05. The summed E-state index contributed by atoms with van der Waals surface area (Å²) in [4.78, 5) is 0. The molecule has 0 saturated heterocycles. The van der Waals surface area contributed by atoms with Crippen LogP contribution in [0.2, 0.25) is 0 Å². The van der Waals surface area contributed by atoms with Gasteiger partial charge in [-0.3, -0.25) is 0 Å². The van der Waals surface area contributed by atoms with Gasteiger partial charge in [-0.15, -0.1) is 0 Å². The topological polar surface area (TPSA) is 18.5 Å². The first kappa shape index (κ1) is 19.2. The number of halogens is 2. The molecule has 0 bridgehead atoms. The van der Waals surface area contributed by atoms with Crippen molar-refractivity contribution in [2.24, 2.45) is 0 Å². The molecule has 1 aromatic carbocycles. The molecule has 0 fully saturated rings. The van der Waals surface area contributed by atoms with Gasteiger partial charge in [0.15, 0.2) is 0 Å². The molecular formula is C8H10Br2MgO2. The number of ether oxygens (including phenoxy) is 2. The van der Waals surface area contributed by atoms with E-state index in [-0.39, 0.29) is 57.0 Å². The van der Waals surface area contributed by atoms with Crippen molar-refractivity contribution in [3.63, 3.8) is 0 Å². The van der Waals surface area contributed by atoms with Crippen LogP contribution in [-0.2, 0) is 0 Å². The zero-order valence-corrected chi connectivity index (χ0v) is 12.2. The molecule has 0 radical (unpaired) electrons. The normalized spacial score (nSPS) is 6.92. The predicted octanol–water partition coefficient (Wildman–Crippen LogP) is -4.67. The fourth-order valence-electron chi connectivity index (χ4n) is 0.728. The molecule has 0 unspecified atom stereocenters. The van der Waals surface area contributed by atoms with Crippen LogP contribution in [0.4, 0.5) is 0 Å². The number of benzene rings is 1. The zero-order valence-electron chi connectivity index (χ0n) is 7.59. The van der Waals surface area contributed by atoms with Crippen molar-refractivity contribution in [1.29, 1.82) is 0 Å². The molecular weight excluding hydrogens is 312 g/mol. The molecule has 1 aromatic rings. The van der Waals surface area contributed by atoms with Crippen LogP contribution in [0.15, 0.2) is 24.3 Å². The second-order valence-corrected chi connectivity index (χ2v) is 1.88. The minimum absolute atomic E-state index is 0. The molecule has 0 aliphatic heterocycles. The smallest absolute Gasteiger partial charge is 1.00 e. The van der Waals surface area contributed by atoms with Gasteiger partial charge in [0.2, 0.25) is 0 Å². The van der Waals surface area contributed by atoms with Gasteiger partial charge in [0, 0.05) is 6.07 Å². The van der Waals surface area contributed by atoms with Crippen LogP contribution in [0.5, 0.6) is 11.5 Å². The van der Waals surface area contributed by atoms with Crippen molar-refractivity contribution in [2.45, 2.75) is 0 Å². The van der Waals surface area contributed by atoms with Crippen LogP contribution in [0.1, 0.15) is 0 Å². The molecule has 0 atom stereocenters. The summed E-state index contributed by atoms with van der Waals surface area (Å²) < 4.78 is 9.95. The van der Waals surface area contributed by atoms with Gasteiger partial charge in [-0.25, -0.2) is 0 Å². The van der Waals surface area contributed by atoms with E-state index in [9.17, 15) is 0 Å². The van der Waals surface area contributed by atoms with Crippen molar-refractivity contribution in [2.75, 3.05) is 14.2 Å². The van der Waals surface area contributed by atoms with Gasteiger partial charge in [0.25, 0.3) is 0 Å². The Balaban J connectivity index is -0.000000333. The number of methoxy groups -OCH3 is 2. The van der Waals surface area contributed by atoms with Crippen LogP contribution in [-0.4, -0.2) is 37.3 Å². The molecule has 0 heterocycles. The summed E-state index contributed by atoms with van der Waals surface area (Å²) in [6.45, 7) is 0. The third-order valence-electron chi connectivity index (χ3n) is 1.28. The van der Waals surface area contributed by atoms with E-state index in [2.05, 4.69) is 0 Å². The molecule has 0 N–H and O–H groups in total. The standard InChI is InChI=1S/C8H10O2.2BrH.Mg/c1-9-7-4-3-5-8(6-7)10-2;;;/h3-6H,1-2H3;2*1H;/q;;;+2/p-2. The molecule has 1 rings (SSSR count). The molecule has 5 heteroatoms. The largest absolute Gasteiger partial charge is 2.00 e. The Morgan fingerprint density at radius 3 is 1.62 bits per heavy atom. The van der Waals surface area contributed by atoms with Gasteiger partial charge in [-0.2, -0.15) is 0 Å². The second kappa shape index (κ2) is 10.6. The molecule has 2 nitrogen and oxygen atoms in total. The fraction of sp³-hybridized carbons (Fsp3) is 0.250. The van der Waals surface area contributed by atoms with E-state index in [0.29, 0.717) is 0 Å². The van der Waals surface area contributed by atoms with E-state index in [1.54, 1.807) is 14.2 Å². The monoisotopic (exact) mass is 320 g/mol. The fourth-order valence-corrected chi connectivity index (χ4v) is 0.728. The quantitative estimate of drug-likeness (QED) is 0.510. The molecule has 0 saturated carbocycles. The SMILES string of the molecule is COc1cccc(OC)c1.[Br-].[Br-].[Mg+2]. The Morgan fingerprint density at radius 2 is 1.31 bits per heavy atom. The first-order chi connectivity index (χ1) is 4.86. The van der Waals surface area contributed by atoms with E-state index in [0.717, 1.165) is 11.5 Å². The summed E-state index contributed by atoms with van der Waals surface area (Å²) in [5, 5.41) is 0. The molecule has 70 valence electrons. The minimum Gasteiger partial charge on any atom is -1.00 e. The van der Waals surface area contributed by atoms with Crippen LogP contribution in [0.25, 0.3) is 0 Å². The third kappa shape index (κ3) is 6.59.